The molecule has 2 amide bonds. The Morgan fingerprint density at radius 1 is 0.655 bits per heavy atom. The van der Waals surface area contributed by atoms with Crippen LogP contribution in [0.1, 0.15) is 228 Å². The number of aliphatic hydroxyl groups excluding tert-OH is 2. The van der Waals surface area contributed by atoms with Crippen molar-refractivity contribution in [2.24, 2.45) is 16.7 Å². The van der Waals surface area contributed by atoms with Gasteiger partial charge in [-0.3, -0.25) is 23.4 Å². The van der Waals surface area contributed by atoms with Gasteiger partial charge in [-0.1, -0.05) is 169 Å². The zero-order chi connectivity index (χ0) is 64.2. The summed E-state index contributed by atoms with van der Waals surface area (Å²) in [5.74, 6) is -2.12. The van der Waals surface area contributed by atoms with Crippen molar-refractivity contribution in [1.29, 1.82) is 0 Å². The monoisotopic (exact) mass is 1280 g/mol. The maximum Gasteiger partial charge on any atom is 0.472 e. The van der Waals surface area contributed by atoms with Crippen LogP contribution in [0.2, 0.25) is 0 Å². The van der Waals surface area contributed by atoms with Gasteiger partial charge in [0, 0.05) is 56.1 Å². The number of hydrogen-bond donors (Lipinski definition) is 8. The van der Waals surface area contributed by atoms with Gasteiger partial charge in [0.25, 0.3) is 0 Å². The van der Waals surface area contributed by atoms with E-state index in [1.54, 1.807) is 0 Å². The van der Waals surface area contributed by atoms with Crippen LogP contribution in [0.5, 0.6) is 0 Å². The molecule has 2 aliphatic rings. The molecule has 23 heteroatoms. The van der Waals surface area contributed by atoms with E-state index in [9.17, 15) is 44.0 Å². The number of allylic oxidation sites excluding steroid dienone is 4. The SMILES string of the molecule is CCCCCCCC/C=C\CCCCCCCC(=O)OCC(COP(=O)(O)OCCNC(=O)OCC(C)(C)COCC(C)(C)CNC(=S)NCCO[C@@H]1OC(CO)C2(O)C(O)C2C1NC(C)=O)OC(=O)CCCCCCC/C=C\CCCCCCCC. The van der Waals surface area contributed by atoms with Crippen molar-refractivity contribution >= 4 is 49.1 Å². The lowest BCUT2D eigenvalue weighted by atomic mass is 9.93. The first-order valence-corrected chi connectivity index (χ1v) is 34.8. The van der Waals surface area contributed by atoms with Gasteiger partial charge < -0.3 is 69.9 Å². The third kappa shape index (κ3) is 38.2. The van der Waals surface area contributed by atoms with Crippen LogP contribution in [0, 0.1) is 16.7 Å². The first-order chi connectivity index (χ1) is 41.6. The molecule has 8 atom stereocenters. The van der Waals surface area contributed by atoms with Gasteiger partial charge in [0.15, 0.2) is 17.5 Å². The topological polar surface area (TPSA) is 288 Å². The molecule has 87 heavy (non-hydrogen) atoms. The predicted molar refractivity (Wildman–Crippen MR) is 342 cm³/mol. The van der Waals surface area contributed by atoms with Gasteiger partial charge >= 0.3 is 25.9 Å². The Hall–Kier alpha value is -3.28. The summed E-state index contributed by atoms with van der Waals surface area (Å²) in [7, 11) is -4.70. The van der Waals surface area contributed by atoms with E-state index in [0.717, 1.165) is 77.0 Å². The maximum atomic E-state index is 12.9. The van der Waals surface area contributed by atoms with Crippen LogP contribution in [0.3, 0.4) is 0 Å². The summed E-state index contributed by atoms with van der Waals surface area (Å²) in [6, 6.07) is -0.817. The van der Waals surface area contributed by atoms with Gasteiger partial charge in [-0.05, 0) is 76.4 Å². The number of ether oxygens (including phenoxy) is 6. The molecule has 8 N–H and O–H groups in total. The van der Waals surface area contributed by atoms with Crippen molar-refractivity contribution in [2.45, 2.75) is 264 Å². The average molecular weight is 1280 g/mol. The minimum absolute atomic E-state index is 0.00427. The number of esters is 2. The van der Waals surface area contributed by atoms with Crippen LogP contribution in [0.4, 0.5) is 4.79 Å². The van der Waals surface area contributed by atoms with Gasteiger partial charge in [0.2, 0.25) is 5.91 Å². The largest absolute Gasteiger partial charge is 0.472 e. The number of phosphoric acid groups is 1. The van der Waals surface area contributed by atoms with Crippen molar-refractivity contribution in [3.8, 4) is 0 Å². The number of aliphatic hydroxyl groups is 3. The maximum absolute atomic E-state index is 12.9. The lowest BCUT2D eigenvalue weighted by molar-refractivity contribution is -0.245. The van der Waals surface area contributed by atoms with E-state index in [4.69, 9.17) is 49.7 Å². The number of phosphoric ester groups is 1. The highest BCUT2D eigenvalue weighted by Crippen LogP contribution is 2.54. The number of rotatable bonds is 54. The third-order valence-corrected chi connectivity index (χ3v) is 16.6. The first kappa shape index (κ1) is 79.8. The summed E-state index contributed by atoms with van der Waals surface area (Å²) < 4.78 is 57.2. The molecule has 0 spiro atoms. The van der Waals surface area contributed by atoms with E-state index in [0.29, 0.717) is 31.1 Å². The molecule has 1 saturated heterocycles. The first-order valence-electron chi connectivity index (χ1n) is 32.9. The molecular formula is C64H117N4O17PS. The van der Waals surface area contributed by atoms with E-state index >= 15 is 0 Å². The van der Waals surface area contributed by atoms with Crippen LogP contribution >= 0.6 is 20.0 Å². The molecule has 0 aromatic rings. The van der Waals surface area contributed by atoms with Gasteiger partial charge in [-0.25, -0.2) is 9.36 Å². The number of unbranched alkanes of at least 4 members (excludes halogenated alkanes) is 22. The fourth-order valence-electron chi connectivity index (χ4n) is 10.1. The van der Waals surface area contributed by atoms with Crippen molar-refractivity contribution in [1.82, 2.24) is 21.3 Å². The number of alkyl carbamates (subject to hydrolysis) is 1. The van der Waals surface area contributed by atoms with E-state index in [-0.39, 0.29) is 63.7 Å². The van der Waals surface area contributed by atoms with Crippen molar-refractivity contribution in [2.75, 3.05) is 72.5 Å². The average Bonchev–Trinajstić information content (AvgIpc) is 1.54. The molecule has 1 aliphatic carbocycles. The number of fused-ring (bicyclic) bond motifs is 1. The van der Waals surface area contributed by atoms with Crippen LogP contribution < -0.4 is 21.3 Å². The second kappa shape index (κ2) is 46.7. The molecule has 1 aliphatic heterocycles. The quantitative estimate of drug-likeness (QED) is 0.00701. The molecule has 7 unspecified atom stereocenters. The van der Waals surface area contributed by atoms with Gasteiger partial charge in [-0.15, -0.1) is 0 Å². The summed E-state index contributed by atoms with van der Waals surface area (Å²) in [5, 5.41) is 42.5. The number of amides is 2. The normalized spacial score (nSPS) is 20.4. The zero-order valence-electron chi connectivity index (χ0n) is 54.3. The standard InChI is InChI=1S/C64H117N4O17PS/c1-8-10-12-14-16-18-20-22-24-26-28-30-32-34-36-38-54(71)80-45-52(84-55(72)39-37-35-33-31-29-27-25-23-21-19-17-15-13-11-9-2)46-83-86(76,77)82-43-41-66-61(74)81-50-63(6,7)49-78-48-62(4,5)47-67-60(87)65-40-42-79-59-57(68-51(3)70)56-58(73)64(56,75)53(44-69)85-59/h22-25,52-53,56-59,69,73,75H,8-21,26-50H2,1-7H3,(H,66,74)(H,68,70)(H,76,77)(H2,65,67,87)/b24-22-,25-23-/t52?,53?,56?,57?,58?,59-,64?/m1/s1. The minimum Gasteiger partial charge on any atom is -0.462 e. The molecule has 2 rings (SSSR count). The second-order valence-electron chi connectivity index (χ2n) is 25.1. The Kier molecular flexibility index (Phi) is 42.9. The summed E-state index contributed by atoms with van der Waals surface area (Å²) in [4.78, 5) is 60.6. The van der Waals surface area contributed by atoms with E-state index in [1.807, 2.05) is 27.7 Å². The number of thiocarbonyl (C=S) groups is 1. The van der Waals surface area contributed by atoms with Crippen molar-refractivity contribution in [3.05, 3.63) is 24.3 Å². The Morgan fingerprint density at radius 3 is 1.70 bits per heavy atom. The second-order valence-corrected chi connectivity index (χ2v) is 27.0. The molecule has 0 radical (unpaired) electrons. The summed E-state index contributed by atoms with van der Waals surface area (Å²) in [6.07, 6.45) is 33.7. The van der Waals surface area contributed by atoms with Crippen LogP contribution in [0.25, 0.3) is 0 Å². The van der Waals surface area contributed by atoms with Gasteiger partial charge in [-0.2, -0.15) is 0 Å². The van der Waals surface area contributed by atoms with Crippen molar-refractivity contribution in [3.63, 3.8) is 0 Å². The summed E-state index contributed by atoms with van der Waals surface area (Å²) in [5.41, 5.74) is -2.62. The molecule has 506 valence electrons. The Labute approximate surface area is 527 Å². The zero-order valence-corrected chi connectivity index (χ0v) is 56.0. The molecule has 1 saturated carbocycles. The Morgan fingerprint density at radius 2 is 1.16 bits per heavy atom. The highest BCUT2D eigenvalue weighted by molar-refractivity contribution is 7.80. The fraction of sp³-hybridized carbons (Fsp3) is 0.859. The Balaban J connectivity index is 1.70. The van der Waals surface area contributed by atoms with E-state index < -0.39 is 93.3 Å². The Bertz CT molecular complexity index is 2000. The summed E-state index contributed by atoms with van der Waals surface area (Å²) >= 11 is 5.44. The summed E-state index contributed by atoms with van der Waals surface area (Å²) in [6.45, 7) is 12.8. The smallest absolute Gasteiger partial charge is 0.462 e. The van der Waals surface area contributed by atoms with Crippen LogP contribution in [-0.4, -0.2) is 158 Å². The number of carbonyl (C=O) groups is 4. The van der Waals surface area contributed by atoms with Crippen LogP contribution in [-0.2, 0) is 56.4 Å². The van der Waals surface area contributed by atoms with Gasteiger partial charge in [0.1, 0.15) is 24.9 Å². The molecule has 0 aromatic carbocycles. The highest BCUT2D eigenvalue weighted by atomic mass is 32.1. The third-order valence-electron chi connectivity index (χ3n) is 15.3. The number of carbonyl (C=O) groups excluding carboxylic acids is 4. The highest BCUT2D eigenvalue weighted by Gasteiger charge is 2.75. The molecule has 2 fully saturated rings. The van der Waals surface area contributed by atoms with E-state index in [2.05, 4.69) is 59.4 Å². The number of hydrogen-bond acceptors (Lipinski definition) is 17. The predicted octanol–water partition coefficient (Wildman–Crippen LogP) is 10.9. The van der Waals surface area contributed by atoms with Gasteiger partial charge in [0.05, 0.1) is 51.8 Å². The fourth-order valence-corrected chi connectivity index (χ4v) is 11.0. The molecule has 0 bridgehead atoms. The van der Waals surface area contributed by atoms with Crippen molar-refractivity contribution < 1.29 is 81.4 Å². The minimum atomic E-state index is -4.70. The molecule has 1 heterocycles. The molecule has 0 aromatic heterocycles. The molecular weight excluding hydrogens is 1160 g/mol. The van der Waals surface area contributed by atoms with E-state index in [1.165, 1.54) is 84.0 Å². The van der Waals surface area contributed by atoms with Crippen LogP contribution in [0.15, 0.2) is 24.3 Å². The molecule has 21 nitrogen and oxygen atoms in total. The lowest BCUT2D eigenvalue weighted by Gasteiger charge is -2.37. The number of nitrogens with one attached hydrogen (secondary N) is 4. The lowest BCUT2D eigenvalue weighted by Crippen LogP contribution is -2.57.